The molecule has 2 aromatic carbocycles. The number of rotatable bonds is 6. The van der Waals surface area contributed by atoms with Crippen LogP contribution in [0.1, 0.15) is 37.7 Å². The fourth-order valence-corrected chi connectivity index (χ4v) is 4.61. The van der Waals surface area contributed by atoms with Gasteiger partial charge in [0.25, 0.3) is 0 Å². The van der Waals surface area contributed by atoms with Crippen LogP contribution in [-0.2, 0) is 11.3 Å². The molecule has 1 fully saturated rings. The zero-order valence-electron chi connectivity index (χ0n) is 16.6. The highest BCUT2D eigenvalue weighted by atomic mass is 32.1. The van der Waals surface area contributed by atoms with Crippen LogP contribution in [0.5, 0.6) is 5.75 Å². The number of aromatic nitrogens is 2. The van der Waals surface area contributed by atoms with Crippen molar-refractivity contribution in [2.75, 3.05) is 12.0 Å². The Hall–Kier alpha value is -2.73. The van der Waals surface area contributed by atoms with Crippen molar-refractivity contribution < 1.29 is 9.53 Å². The second kappa shape index (κ2) is 9.18. The van der Waals surface area contributed by atoms with E-state index in [0.29, 0.717) is 11.7 Å². The van der Waals surface area contributed by atoms with Gasteiger partial charge in [-0.15, -0.1) is 10.2 Å². The summed E-state index contributed by atoms with van der Waals surface area (Å²) in [4.78, 5) is 15.2. The number of ether oxygens (including phenoxy) is 1. The lowest BCUT2D eigenvalue weighted by molar-refractivity contribution is -0.123. The van der Waals surface area contributed by atoms with E-state index in [1.807, 2.05) is 59.5 Å². The number of hydrogen-bond acceptors (Lipinski definition) is 5. The summed E-state index contributed by atoms with van der Waals surface area (Å²) in [6, 6.07) is 17.8. The van der Waals surface area contributed by atoms with E-state index in [-0.39, 0.29) is 11.8 Å². The molecule has 1 aliphatic rings. The minimum absolute atomic E-state index is 0.0841. The molecule has 1 heterocycles. The Morgan fingerprint density at radius 3 is 2.45 bits per heavy atom. The highest BCUT2D eigenvalue weighted by molar-refractivity contribution is 7.18. The molecule has 150 valence electrons. The van der Waals surface area contributed by atoms with Crippen molar-refractivity contribution >= 4 is 22.4 Å². The van der Waals surface area contributed by atoms with Crippen molar-refractivity contribution in [1.29, 1.82) is 0 Å². The first kappa shape index (κ1) is 19.6. The molecule has 1 aliphatic carbocycles. The molecule has 0 unspecified atom stereocenters. The van der Waals surface area contributed by atoms with Gasteiger partial charge in [-0.05, 0) is 42.7 Å². The third kappa shape index (κ3) is 4.65. The molecule has 29 heavy (non-hydrogen) atoms. The van der Waals surface area contributed by atoms with Gasteiger partial charge in [-0.2, -0.15) is 0 Å². The summed E-state index contributed by atoms with van der Waals surface area (Å²) in [6.45, 7) is 0.521. The van der Waals surface area contributed by atoms with Crippen molar-refractivity contribution in [1.82, 2.24) is 10.2 Å². The molecule has 3 aromatic rings. The predicted octanol–water partition coefficient (Wildman–Crippen LogP) is 5.33. The molecule has 0 spiro atoms. The number of nitrogens with zero attached hydrogens (tertiary/aromatic N) is 3. The van der Waals surface area contributed by atoms with Crippen molar-refractivity contribution in [2.24, 2.45) is 5.92 Å². The maximum absolute atomic E-state index is 13.4. The maximum atomic E-state index is 13.4. The normalized spacial score (nSPS) is 14.5. The number of hydrogen-bond donors (Lipinski definition) is 0. The van der Waals surface area contributed by atoms with Crippen LogP contribution in [0, 0.1) is 5.92 Å². The minimum Gasteiger partial charge on any atom is -0.497 e. The smallest absolute Gasteiger partial charge is 0.232 e. The molecule has 0 radical (unpaired) electrons. The van der Waals surface area contributed by atoms with Crippen LogP contribution in [0.4, 0.5) is 5.13 Å². The summed E-state index contributed by atoms with van der Waals surface area (Å²) in [5.41, 5.74) is 2.07. The fourth-order valence-electron chi connectivity index (χ4n) is 3.75. The monoisotopic (exact) mass is 407 g/mol. The van der Waals surface area contributed by atoms with E-state index < -0.39 is 0 Å². The molecule has 6 heteroatoms. The van der Waals surface area contributed by atoms with E-state index in [1.165, 1.54) is 17.8 Å². The Balaban J connectivity index is 1.61. The van der Waals surface area contributed by atoms with Crippen molar-refractivity contribution in [3.63, 3.8) is 0 Å². The molecule has 4 rings (SSSR count). The van der Waals surface area contributed by atoms with Gasteiger partial charge in [-0.1, -0.05) is 60.9 Å². The van der Waals surface area contributed by atoms with Gasteiger partial charge < -0.3 is 4.74 Å². The fraction of sp³-hybridized carbons (Fsp3) is 0.348. The van der Waals surface area contributed by atoms with E-state index in [4.69, 9.17) is 4.74 Å². The summed E-state index contributed by atoms with van der Waals surface area (Å²) >= 11 is 1.46. The summed E-state index contributed by atoms with van der Waals surface area (Å²) < 4.78 is 5.23. The Morgan fingerprint density at radius 2 is 1.76 bits per heavy atom. The second-order valence-corrected chi connectivity index (χ2v) is 8.32. The van der Waals surface area contributed by atoms with E-state index in [0.717, 1.165) is 47.6 Å². The molecule has 0 atom stereocenters. The molecule has 0 N–H and O–H groups in total. The number of carbonyl (C=O) groups is 1. The highest BCUT2D eigenvalue weighted by Gasteiger charge is 2.29. The minimum atomic E-state index is 0.0841. The Labute approximate surface area is 175 Å². The van der Waals surface area contributed by atoms with Gasteiger partial charge in [0.15, 0.2) is 0 Å². The second-order valence-electron chi connectivity index (χ2n) is 7.36. The number of benzene rings is 2. The summed E-state index contributed by atoms with van der Waals surface area (Å²) in [7, 11) is 1.65. The lowest BCUT2D eigenvalue weighted by Gasteiger charge is -2.27. The summed E-state index contributed by atoms with van der Waals surface area (Å²) in [5.74, 6) is 1.06. The number of amides is 1. The van der Waals surface area contributed by atoms with Gasteiger partial charge in [-0.3, -0.25) is 9.69 Å². The molecule has 1 aromatic heterocycles. The lowest BCUT2D eigenvalue weighted by Crippen LogP contribution is -2.36. The van der Waals surface area contributed by atoms with E-state index in [1.54, 1.807) is 7.11 Å². The number of methoxy groups -OCH3 is 1. The summed E-state index contributed by atoms with van der Waals surface area (Å²) in [5, 5.41) is 10.2. The van der Waals surface area contributed by atoms with Crippen molar-refractivity contribution in [3.05, 3.63) is 60.2 Å². The van der Waals surface area contributed by atoms with Crippen LogP contribution < -0.4 is 9.64 Å². The van der Waals surface area contributed by atoms with Crippen molar-refractivity contribution in [2.45, 2.75) is 38.6 Å². The zero-order chi connectivity index (χ0) is 20.1. The number of anilines is 1. The molecule has 0 saturated heterocycles. The first-order valence-corrected chi connectivity index (χ1v) is 10.9. The summed E-state index contributed by atoms with van der Waals surface area (Å²) in [6.07, 6.45) is 5.41. The van der Waals surface area contributed by atoms with Crippen LogP contribution in [0.2, 0.25) is 0 Å². The van der Waals surface area contributed by atoms with Crippen LogP contribution >= 0.6 is 11.3 Å². The van der Waals surface area contributed by atoms with E-state index >= 15 is 0 Å². The highest BCUT2D eigenvalue weighted by Crippen LogP contribution is 2.33. The molecule has 0 bridgehead atoms. The van der Waals surface area contributed by atoms with Gasteiger partial charge in [-0.25, -0.2) is 0 Å². The van der Waals surface area contributed by atoms with E-state index in [2.05, 4.69) is 10.2 Å². The first-order valence-electron chi connectivity index (χ1n) is 10.1. The average molecular weight is 408 g/mol. The maximum Gasteiger partial charge on any atom is 0.232 e. The third-order valence-electron chi connectivity index (χ3n) is 5.39. The van der Waals surface area contributed by atoms with Gasteiger partial charge >= 0.3 is 0 Å². The Bertz CT molecular complexity index is 934. The van der Waals surface area contributed by atoms with Gasteiger partial charge in [0.2, 0.25) is 11.0 Å². The van der Waals surface area contributed by atoms with Gasteiger partial charge in [0.05, 0.1) is 13.7 Å². The zero-order valence-corrected chi connectivity index (χ0v) is 17.4. The average Bonchev–Trinajstić information content (AvgIpc) is 3.28. The third-order valence-corrected chi connectivity index (χ3v) is 6.38. The SMILES string of the molecule is COc1ccc(-c2nnc(N(Cc3ccccc3)C(=O)C3CCCCC3)s2)cc1. The van der Waals surface area contributed by atoms with Crippen molar-refractivity contribution in [3.8, 4) is 16.3 Å². The quantitative estimate of drug-likeness (QED) is 0.554. The lowest BCUT2D eigenvalue weighted by atomic mass is 9.88. The first-order chi connectivity index (χ1) is 14.2. The number of carbonyl (C=O) groups excluding carboxylic acids is 1. The van der Waals surface area contributed by atoms with E-state index in [9.17, 15) is 4.79 Å². The topological polar surface area (TPSA) is 55.3 Å². The van der Waals surface area contributed by atoms with Crippen LogP contribution in [-0.4, -0.2) is 23.2 Å². The largest absolute Gasteiger partial charge is 0.497 e. The molecule has 1 amide bonds. The molecular formula is C23H25N3O2S. The molecular weight excluding hydrogens is 382 g/mol. The molecule has 1 saturated carbocycles. The van der Waals surface area contributed by atoms with Crippen LogP contribution in [0.3, 0.4) is 0 Å². The predicted molar refractivity (Wildman–Crippen MR) is 116 cm³/mol. The Kier molecular flexibility index (Phi) is 6.20. The van der Waals surface area contributed by atoms with Crippen LogP contribution in [0.15, 0.2) is 54.6 Å². The molecule has 0 aliphatic heterocycles. The Morgan fingerprint density at radius 1 is 1.03 bits per heavy atom. The van der Waals surface area contributed by atoms with Gasteiger partial charge in [0, 0.05) is 11.5 Å². The van der Waals surface area contributed by atoms with Crippen LogP contribution in [0.25, 0.3) is 10.6 Å². The van der Waals surface area contributed by atoms with Gasteiger partial charge in [0.1, 0.15) is 10.8 Å². The molecule has 5 nitrogen and oxygen atoms in total. The standard InChI is InChI=1S/C23H25N3O2S/c1-28-20-14-12-18(13-15-20)21-24-25-23(29-21)26(16-17-8-4-2-5-9-17)22(27)19-10-6-3-7-11-19/h2,4-5,8-9,12-15,19H,3,6-7,10-11,16H2,1H3.